The van der Waals surface area contributed by atoms with Crippen molar-refractivity contribution in [3.63, 3.8) is 0 Å². The summed E-state index contributed by atoms with van der Waals surface area (Å²) in [5, 5.41) is 21.4. The van der Waals surface area contributed by atoms with E-state index in [-0.39, 0.29) is 12.2 Å². The number of nitrogens with one attached hydrogen (secondary N) is 1. The van der Waals surface area contributed by atoms with Crippen LogP contribution < -0.4 is 5.32 Å². The van der Waals surface area contributed by atoms with E-state index in [4.69, 9.17) is 9.52 Å². The van der Waals surface area contributed by atoms with Crippen molar-refractivity contribution in [3.8, 4) is 0 Å². The largest absolute Gasteiger partial charge is 0.481 e. The number of carbonyl (C=O) groups excluding carboxylic acids is 1. The van der Waals surface area contributed by atoms with Gasteiger partial charge in [0.25, 0.3) is 5.91 Å². The van der Waals surface area contributed by atoms with Crippen molar-refractivity contribution < 1.29 is 24.0 Å². The normalized spacial score (nSPS) is 10.2. The minimum absolute atomic E-state index is 0.0948. The first-order chi connectivity index (χ1) is 9.50. The molecule has 8 heteroatoms. The Labute approximate surface area is 114 Å². The molecule has 0 unspecified atom stereocenters. The molecule has 0 fully saturated rings. The van der Waals surface area contributed by atoms with Gasteiger partial charge in [-0.25, -0.2) is 0 Å². The van der Waals surface area contributed by atoms with Crippen molar-refractivity contribution in [1.82, 2.24) is 5.32 Å². The molecule has 0 saturated heterocycles. The third-order valence-electron chi connectivity index (χ3n) is 2.60. The molecule has 8 nitrogen and oxygen atoms in total. The van der Waals surface area contributed by atoms with Crippen molar-refractivity contribution in [2.24, 2.45) is 0 Å². The molecular weight excluding hydrogens is 268 g/mol. The van der Waals surface area contributed by atoms with Crippen LogP contribution in [0.1, 0.15) is 42.7 Å². The zero-order valence-corrected chi connectivity index (χ0v) is 10.8. The quantitative estimate of drug-likeness (QED) is 0.406. The first-order valence-corrected chi connectivity index (χ1v) is 6.25. The molecule has 1 amide bonds. The van der Waals surface area contributed by atoms with Crippen molar-refractivity contribution in [1.29, 1.82) is 0 Å². The Morgan fingerprint density at radius 2 is 1.95 bits per heavy atom. The Morgan fingerprint density at radius 3 is 2.55 bits per heavy atom. The van der Waals surface area contributed by atoms with Crippen LogP contribution in [0.5, 0.6) is 0 Å². The van der Waals surface area contributed by atoms with Gasteiger partial charge in [0.05, 0.1) is 6.07 Å². The summed E-state index contributed by atoms with van der Waals surface area (Å²) in [6.07, 6.45) is 3.09. The molecule has 110 valence electrons. The fourth-order valence-electron chi connectivity index (χ4n) is 1.59. The van der Waals surface area contributed by atoms with E-state index >= 15 is 0 Å². The van der Waals surface area contributed by atoms with Gasteiger partial charge in [0, 0.05) is 13.0 Å². The number of nitro groups is 1. The number of furan rings is 1. The molecule has 1 aromatic rings. The van der Waals surface area contributed by atoms with Gasteiger partial charge in [0.2, 0.25) is 0 Å². The van der Waals surface area contributed by atoms with Crippen molar-refractivity contribution in [3.05, 3.63) is 28.0 Å². The monoisotopic (exact) mass is 284 g/mol. The number of amides is 1. The summed E-state index contributed by atoms with van der Waals surface area (Å²) >= 11 is 0. The van der Waals surface area contributed by atoms with Crippen LogP contribution in [0.2, 0.25) is 0 Å². The highest BCUT2D eigenvalue weighted by molar-refractivity contribution is 5.91. The van der Waals surface area contributed by atoms with Crippen LogP contribution in [0.4, 0.5) is 5.88 Å². The smallest absolute Gasteiger partial charge is 0.433 e. The Bertz CT molecular complexity index is 482. The van der Waals surface area contributed by atoms with Crippen molar-refractivity contribution >= 4 is 17.8 Å². The Hall–Kier alpha value is -2.38. The molecule has 0 saturated carbocycles. The lowest BCUT2D eigenvalue weighted by Gasteiger charge is -2.02. The second kappa shape index (κ2) is 7.93. The maximum absolute atomic E-state index is 11.6. The first-order valence-electron chi connectivity index (χ1n) is 6.25. The molecule has 0 radical (unpaired) electrons. The van der Waals surface area contributed by atoms with Crippen LogP contribution in [-0.4, -0.2) is 28.5 Å². The number of carboxylic acid groups (broad SMARTS) is 1. The van der Waals surface area contributed by atoms with E-state index in [0.29, 0.717) is 19.4 Å². The fraction of sp³-hybridized carbons (Fsp3) is 0.500. The number of hydrogen-bond acceptors (Lipinski definition) is 5. The molecule has 1 heterocycles. The number of aliphatic carboxylic acids is 1. The summed E-state index contributed by atoms with van der Waals surface area (Å²) in [4.78, 5) is 31.5. The van der Waals surface area contributed by atoms with E-state index in [2.05, 4.69) is 5.32 Å². The molecule has 0 atom stereocenters. The molecule has 2 N–H and O–H groups in total. The van der Waals surface area contributed by atoms with Gasteiger partial charge >= 0.3 is 11.9 Å². The second-order valence-electron chi connectivity index (χ2n) is 4.21. The molecule has 0 aliphatic heterocycles. The number of carboxylic acids is 1. The minimum atomic E-state index is -0.808. The molecule has 20 heavy (non-hydrogen) atoms. The van der Waals surface area contributed by atoms with Crippen LogP contribution in [0.25, 0.3) is 0 Å². The summed E-state index contributed by atoms with van der Waals surface area (Å²) in [7, 11) is 0. The summed E-state index contributed by atoms with van der Waals surface area (Å²) in [6, 6.07) is 2.38. The van der Waals surface area contributed by atoms with Gasteiger partial charge in [-0.2, -0.15) is 0 Å². The van der Waals surface area contributed by atoms with E-state index < -0.39 is 22.7 Å². The number of unbranched alkanes of at least 4 members (excludes halogenated alkanes) is 3. The molecular formula is C12H16N2O6. The maximum atomic E-state index is 11.6. The zero-order valence-electron chi connectivity index (χ0n) is 10.8. The third kappa shape index (κ3) is 5.51. The highest BCUT2D eigenvalue weighted by Crippen LogP contribution is 2.15. The number of nitrogens with zero attached hydrogens (tertiary/aromatic N) is 1. The van der Waals surface area contributed by atoms with Crippen LogP contribution in [0, 0.1) is 10.1 Å². The van der Waals surface area contributed by atoms with Crippen molar-refractivity contribution in [2.75, 3.05) is 6.54 Å². The Balaban J connectivity index is 2.16. The molecule has 0 aromatic carbocycles. The highest BCUT2D eigenvalue weighted by Gasteiger charge is 2.16. The van der Waals surface area contributed by atoms with Crippen LogP contribution in [0.15, 0.2) is 16.5 Å². The van der Waals surface area contributed by atoms with Crippen LogP contribution >= 0.6 is 0 Å². The minimum Gasteiger partial charge on any atom is -0.481 e. The average Bonchev–Trinajstić information content (AvgIpc) is 2.86. The SMILES string of the molecule is O=C(O)CCCCCCNC(=O)c1ccc([N+](=O)[O-])o1. The topological polar surface area (TPSA) is 123 Å². The lowest BCUT2D eigenvalue weighted by Crippen LogP contribution is -2.23. The fourth-order valence-corrected chi connectivity index (χ4v) is 1.59. The second-order valence-corrected chi connectivity index (χ2v) is 4.21. The summed E-state index contributed by atoms with van der Waals surface area (Å²) in [5.74, 6) is -1.87. The van der Waals surface area contributed by atoms with Crippen LogP contribution in [-0.2, 0) is 4.79 Å². The summed E-state index contributed by atoms with van der Waals surface area (Å²) < 4.78 is 4.75. The van der Waals surface area contributed by atoms with Gasteiger partial charge in [-0.3, -0.25) is 19.7 Å². The van der Waals surface area contributed by atoms with Gasteiger partial charge in [0.1, 0.15) is 4.92 Å². The zero-order chi connectivity index (χ0) is 15.0. The standard InChI is InChI=1S/C12H16N2O6/c15-11(16)5-3-1-2-4-8-13-12(17)9-6-7-10(20-9)14(18)19/h6-7H,1-5,8H2,(H,13,17)(H,15,16). The lowest BCUT2D eigenvalue weighted by atomic mass is 10.1. The van der Waals surface area contributed by atoms with Crippen molar-refractivity contribution in [2.45, 2.75) is 32.1 Å². The molecule has 0 aliphatic carbocycles. The average molecular weight is 284 g/mol. The number of carbonyl (C=O) groups is 2. The van der Waals surface area contributed by atoms with Gasteiger partial charge in [-0.1, -0.05) is 12.8 Å². The Morgan fingerprint density at radius 1 is 1.25 bits per heavy atom. The molecule has 0 bridgehead atoms. The van der Waals surface area contributed by atoms with Gasteiger partial charge < -0.3 is 14.8 Å². The van der Waals surface area contributed by atoms with Crippen LogP contribution in [0.3, 0.4) is 0 Å². The van der Waals surface area contributed by atoms with E-state index in [0.717, 1.165) is 18.9 Å². The predicted octanol–water partition coefficient (Wildman–Crippen LogP) is 1.95. The van der Waals surface area contributed by atoms with E-state index in [1.165, 1.54) is 6.07 Å². The summed E-state index contributed by atoms with van der Waals surface area (Å²) in [5.41, 5.74) is 0. The molecule has 0 spiro atoms. The number of rotatable bonds is 9. The molecule has 1 aromatic heterocycles. The third-order valence-corrected chi connectivity index (χ3v) is 2.60. The van der Waals surface area contributed by atoms with E-state index in [1.807, 2.05) is 0 Å². The van der Waals surface area contributed by atoms with E-state index in [9.17, 15) is 19.7 Å². The van der Waals surface area contributed by atoms with Gasteiger partial charge in [-0.15, -0.1) is 0 Å². The maximum Gasteiger partial charge on any atom is 0.433 e. The lowest BCUT2D eigenvalue weighted by molar-refractivity contribution is -0.402. The van der Waals surface area contributed by atoms with Gasteiger partial charge in [-0.05, 0) is 18.9 Å². The predicted molar refractivity (Wildman–Crippen MR) is 68.4 cm³/mol. The first kappa shape index (κ1) is 15.7. The molecule has 0 aliphatic rings. The highest BCUT2D eigenvalue weighted by atomic mass is 16.6. The Kier molecular flexibility index (Phi) is 6.21. The van der Waals surface area contributed by atoms with Gasteiger partial charge in [0.15, 0.2) is 5.76 Å². The summed E-state index contributed by atoms with van der Waals surface area (Å²) in [6.45, 7) is 0.417. The molecule has 1 rings (SSSR count). The number of hydrogen-bond donors (Lipinski definition) is 2. The van der Waals surface area contributed by atoms with E-state index in [1.54, 1.807) is 0 Å².